The third-order valence-electron chi connectivity index (χ3n) is 4.99. The number of piperidine rings is 1. The zero-order valence-electron chi connectivity index (χ0n) is 15.6. The average molecular weight is 395 g/mol. The van der Waals surface area contributed by atoms with Crippen molar-refractivity contribution < 1.29 is 18.1 Å². The molecule has 1 fully saturated rings. The third-order valence-corrected chi connectivity index (χ3v) is 4.99. The van der Waals surface area contributed by atoms with Crippen molar-refractivity contribution >= 4 is 12.0 Å². The summed E-state index contributed by atoms with van der Waals surface area (Å²) >= 11 is 0. The summed E-state index contributed by atoms with van der Waals surface area (Å²) in [5, 5.41) is 3.88. The lowest BCUT2D eigenvalue weighted by Gasteiger charge is -2.29. The topological polar surface area (TPSA) is 59.2 Å². The zero-order chi connectivity index (χ0) is 20.2. The van der Waals surface area contributed by atoms with Crippen molar-refractivity contribution in [3.05, 3.63) is 77.7 Å². The van der Waals surface area contributed by atoms with E-state index >= 15 is 0 Å². The molecule has 0 unspecified atom stereocenters. The van der Waals surface area contributed by atoms with Crippen LogP contribution < -0.4 is 0 Å². The average Bonchev–Trinajstić information content (AvgIpc) is 3.25. The molecule has 1 aliphatic rings. The lowest BCUT2D eigenvalue weighted by Crippen LogP contribution is -2.36. The summed E-state index contributed by atoms with van der Waals surface area (Å²) in [6.07, 6.45) is 4.79. The van der Waals surface area contributed by atoms with Crippen molar-refractivity contribution in [1.29, 1.82) is 0 Å². The van der Waals surface area contributed by atoms with Crippen LogP contribution in [0, 0.1) is 11.6 Å². The monoisotopic (exact) mass is 395 g/mol. The van der Waals surface area contributed by atoms with Gasteiger partial charge in [-0.2, -0.15) is 4.98 Å². The van der Waals surface area contributed by atoms with Gasteiger partial charge in [-0.15, -0.1) is 0 Å². The number of amides is 1. The van der Waals surface area contributed by atoms with E-state index in [-0.39, 0.29) is 17.6 Å². The van der Waals surface area contributed by atoms with Crippen molar-refractivity contribution in [2.45, 2.75) is 18.8 Å². The van der Waals surface area contributed by atoms with Crippen molar-refractivity contribution in [2.75, 3.05) is 13.1 Å². The van der Waals surface area contributed by atoms with Crippen LogP contribution in [-0.2, 0) is 4.79 Å². The molecular weight excluding hydrogens is 376 g/mol. The first-order valence-corrected chi connectivity index (χ1v) is 9.41. The first-order chi connectivity index (χ1) is 14.1. The highest BCUT2D eigenvalue weighted by molar-refractivity contribution is 5.91. The van der Waals surface area contributed by atoms with Gasteiger partial charge in [-0.3, -0.25) is 4.79 Å². The van der Waals surface area contributed by atoms with E-state index in [1.807, 2.05) is 30.3 Å². The number of nitrogens with zero attached hydrogens (tertiary/aromatic N) is 3. The van der Waals surface area contributed by atoms with Crippen LogP contribution in [0.15, 0.2) is 59.1 Å². The minimum atomic E-state index is -0.954. The van der Waals surface area contributed by atoms with Crippen LogP contribution in [0.4, 0.5) is 8.78 Å². The van der Waals surface area contributed by atoms with Crippen LogP contribution >= 0.6 is 0 Å². The molecular formula is C22H19F2N3O2. The van der Waals surface area contributed by atoms with E-state index in [0.717, 1.165) is 17.7 Å². The molecule has 1 aromatic heterocycles. The Balaban J connectivity index is 1.36. The molecule has 0 aliphatic carbocycles. The molecule has 5 nitrogen and oxygen atoms in total. The van der Waals surface area contributed by atoms with Crippen molar-refractivity contribution in [3.63, 3.8) is 0 Å². The number of benzene rings is 2. The molecule has 2 heterocycles. The number of carbonyl (C=O) groups is 1. The molecule has 0 atom stereocenters. The van der Waals surface area contributed by atoms with E-state index < -0.39 is 11.6 Å². The quantitative estimate of drug-likeness (QED) is 0.613. The van der Waals surface area contributed by atoms with Crippen molar-refractivity contribution in [2.24, 2.45) is 0 Å². The van der Waals surface area contributed by atoms with Gasteiger partial charge in [0.2, 0.25) is 17.6 Å². The largest absolute Gasteiger partial charge is 0.339 e. The van der Waals surface area contributed by atoms with Gasteiger partial charge in [-0.25, -0.2) is 8.78 Å². The zero-order valence-corrected chi connectivity index (χ0v) is 15.6. The van der Waals surface area contributed by atoms with Gasteiger partial charge in [0.1, 0.15) is 0 Å². The van der Waals surface area contributed by atoms with Gasteiger partial charge in [-0.1, -0.05) is 35.5 Å². The van der Waals surface area contributed by atoms with Crippen LogP contribution in [0.5, 0.6) is 0 Å². The van der Waals surface area contributed by atoms with E-state index in [4.69, 9.17) is 4.52 Å². The van der Waals surface area contributed by atoms with E-state index in [1.54, 1.807) is 17.1 Å². The fraction of sp³-hybridized carbons (Fsp3) is 0.227. The summed E-state index contributed by atoms with van der Waals surface area (Å²) < 4.78 is 31.8. The Labute approximate surface area is 166 Å². The fourth-order valence-electron chi connectivity index (χ4n) is 3.34. The molecule has 4 rings (SSSR count). The van der Waals surface area contributed by atoms with Gasteiger partial charge in [0.05, 0.1) is 0 Å². The van der Waals surface area contributed by atoms with E-state index in [0.29, 0.717) is 37.4 Å². The summed E-state index contributed by atoms with van der Waals surface area (Å²) in [4.78, 5) is 18.5. The molecule has 0 bridgehead atoms. The predicted molar refractivity (Wildman–Crippen MR) is 104 cm³/mol. The number of rotatable bonds is 4. The van der Waals surface area contributed by atoms with Crippen LogP contribution in [0.1, 0.15) is 30.2 Å². The summed E-state index contributed by atoms with van der Waals surface area (Å²) in [7, 11) is 0. The maximum atomic E-state index is 13.4. The molecule has 148 valence electrons. The Morgan fingerprint density at radius 2 is 1.83 bits per heavy atom. The van der Waals surface area contributed by atoms with Gasteiger partial charge in [-0.05, 0) is 42.7 Å². The van der Waals surface area contributed by atoms with Crippen LogP contribution in [0.25, 0.3) is 17.5 Å². The van der Waals surface area contributed by atoms with E-state index in [2.05, 4.69) is 10.1 Å². The van der Waals surface area contributed by atoms with E-state index in [9.17, 15) is 13.6 Å². The molecule has 1 amide bonds. The lowest BCUT2D eigenvalue weighted by atomic mass is 9.96. The second-order valence-corrected chi connectivity index (χ2v) is 6.93. The summed E-state index contributed by atoms with van der Waals surface area (Å²) in [6, 6.07) is 13.2. The molecule has 0 radical (unpaired) electrons. The smallest absolute Gasteiger partial charge is 0.246 e. The molecule has 2 aromatic carbocycles. The molecule has 29 heavy (non-hydrogen) atoms. The van der Waals surface area contributed by atoms with E-state index in [1.165, 1.54) is 6.07 Å². The third kappa shape index (κ3) is 4.39. The molecule has 0 N–H and O–H groups in total. The standard InChI is InChI=1S/C22H19F2N3O2/c23-18-8-7-17(14-19(18)24)21-25-22(29-26-21)16-10-12-27(13-11-16)20(28)9-6-15-4-2-1-3-5-15/h1-9,14,16H,10-13H2/b9-6+. The SMILES string of the molecule is O=C(/C=C/c1ccccc1)N1CCC(c2nc(-c3ccc(F)c(F)c3)no2)CC1. The number of halogens is 2. The highest BCUT2D eigenvalue weighted by Crippen LogP contribution is 2.29. The molecule has 7 heteroatoms. The maximum Gasteiger partial charge on any atom is 0.246 e. The van der Waals surface area contributed by atoms with Gasteiger partial charge in [0.15, 0.2) is 11.6 Å². The Bertz CT molecular complexity index is 1030. The first-order valence-electron chi connectivity index (χ1n) is 9.41. The normalized spacial score (nSPS) is 15.2. The summed E-state index contributed by atoms with van der Waals surface area (Å²) in [5.74, 6) is -1.19. The molecule has 1 saturated heterocycles. The minimum Gasteiger partial charge on any atom is -0.339 e. The molecule has 3 aromatic rings. The number of likely N-dealkylation sites (tertiary alicyclic amines) is 1. The van der Waals surface area contributed by atoms with Crippen molar-refractivity contribution in [3.8, 4) is 11.4 Å². The lowest BCUT2D eigenvalue weighted by molar-refractivity contribution is -0.127. The summed E-state index contributed by atoms with van der Waals surface area (Å²) in [5.41, 5.74) is 1.34. The van der Waals surface area contributed by atoms with Crippen LogP contribution in [-0.4, -0.2) is 34.0 Å². The Hall–Kier alpha value is -3.35. The fourth-order valence-corrected chi connectivity index (χ4v) is 3.34. The Morgan fingerprint density at radius 3 is 2.55 bits per heavy atom. The second kappa shape index (κ2) is 8.34. The molecule has 0 saturated carbocycles. The predicted octanol–water partition coefficient (Wildman–Crippen LogP) is 4.43. The van der Waals surface area contributed by atoms with Crippen molar-refractivity contribution in [1.82, 2.24) is 15.0 Å². The van der Waals surface area contributed by atoms with Crippen LogP contribution in [0.2, 0.25) is 0 Å². The number of carbonyl (C=O) groups excluding carboxylic acids is 1. The Kier molecular flexibility index (Phi) is 5.46. The number of aromatic nitrogens is 2. The first kappa shape index (κ1) is 19.0. The number of hydrogen-bond donors (Lipinski definition) is 0. The minimum absolute atomic E-state index is 0.0275. The van der Waals surface area contributed by atoms with Gasteiger partial charge in [0.25, 0.3) is 0 Å². The van der Waals surface area contributed by atoms with Crippen LogP contribution in [0.3, 0.4) is 0 Å². The van der Waals surface area contributed by atoms with Gasteiger partial charge in [0, 0.05) is 30.6 Å². The molecule has 0 spiro atoms. The van der Waals surface area contributed by atoms with Gasteiger partial charge >= 0.3 is 0 Å². The Morgan fingerprint density at radius 1 is 1.07 bits per heavy atom. The summed E-state index contributed by atoms with van der Waals surface area (Å²) in [6.45, 7) is 1.18. The van der Waals surface area contributed by atoms with Gasteiger partial charge < -0.3 is 9.42 Å². The maximum absolute atomic E-state index is 13.4. The second-order valence-electron chi connectivity index (χ2n) is 6.93. The molecule has 1 aliphatic heterocycles. The highest BCUT2D eigenvalue weighted by atomic mass is 19.2. The highest BCUT2D eigenvalue weighted by Gasteiger charge is 2.27. The number of hydrogen-bond acceptors (Lipinski definition) is 4.